The molecule has 1 rings (SSSR count). The van der Waals surface area contributed by atoms with E-state index in [-0.39, 0.29) is 18.6 Å². The van der Waals surface area contributed by atoms with Crippen molar-refractivity contribution in [3.05, 3.63) is 0 Å². The molecule has 0 aromatic carbocycles. The van der Waals surface area contributed by atoms with Gasteiger partial charge in [-0.1, -0.05) is 6.92 Å². The van der Waals surface area contributed by atoms with Gasteiger partial charge in [-0.05, 0) is 20.3 Å². The van der Waals surface area contributed by atoms with Gasteiger partial charge in [-0.2, -0.15) is 0 Å². The van der Waals surface area contributed by atoms with Crippen LogP contribution in [0.1, 0.15) is 27.2 Å². The molecule has 2 N–H and O–H groups in total. The first-order valence-corrected chi connectivity index (χ1v) is 6.26. The summed E-state index contributed by atoms with van der Waals surface area (Å²) in [5.41, 5.74) is -0.912. The number of urea groups is 1. The number of amides is 2. The zero-order chi connectivity index (χ0) is 13.8. The van der Waals surface area contributed by atoms with Gasteiger partial charge >= 0.3 is 12.0 Å². The van der Waals surface area contributed by atoms with Gasteiger partial charge in [0.15, 0.2) is 0 Å². The molecule has 1 heterocycles. The molecular formula is C12H22N2O4. The summed E-state index contributed by atoms with van der Waals surface area (Å²) in [6, 6.07) is -0.191. The molecular weight excluding hydrogens is 236 g/mol. The van der Waals surface area contributed by atoms with E-state index in [0.717, 1.165) is 0 Å². The number of aliphatic carboxylic acids is 1. The maximum atomic E-state index is 12.0. The van der Waals surface area contributed by atoms with E-state index in [4.69, 9.17) is 9.84 Å². The highest BCUT2D eigenvalue weighted by molar-refractivity contribution is 5.78. The van der Waals surface area contributed by atoms with Crippen LogP contribution in [-0.2, 0) is 9.53 Å². The van der Waals surface area contributed by atoms with E-state index >= 15 is 0 Å². The summed E-state index contributed by atoms with van der Waals surface area (Å²) in [5.74, 6) is -0.889. The molecule has 0 aromatic rings. The maximum absolute atomic E-state index is 12.0. The Kier molecular flexibility index (Phi) is 4.95. The predicted octanol–water partition coefficient (Wildman–Crippen LogP) is 0.918. The molecule has 0 bridgehead atoms. The summed E-state index contributed by atoms with van der Waals surface area (Å²) >= 11 is 0. The Morgan fingerprint density at radius 3 is 2.72 bits per heavy atom. The Morgan fingerprint density at radius 2 is 2.22 bits per heavy atom. The molecule has 6 heteroatoms. The van der Waals surface area contributed by atoms with Crippen LogP contribution in [0.2, 0.25) is 0 Å². The predicted molar refractivity (Wildman–Crippen MR) is 66.4 cm³/mol. The largest absolute Gasteiger partial charge is 0.481 e. The maximum Gasteiger partial charge on any atom is 0.317 e. The summed E-state index contributed by atoms with van der Waals surface area (Å²) in [6.07, 6.45) is 0.473. The molecule has 6 nitrogen and oxygen atoms in total. The normalized spacial score (nSPS) is 23.3. The molecule has 0 aliphatic carbocycles. The molecule has 0 radical (unpaired) electrons. The molecule has 0 saturated carbocycles. The number of ether oxygens (including phenoxy) is 1. The second-order valence-corrected chi connectivity index (χ2v) is 5.00. The SMILES string of the molecule is CCC(C)(CNC(=O)N1CCOCC1C)C(=O)O. The van der Waals surface area contributed by atoms with Gasteiger partial charge in [0.1, 0.15) is 0 Å². The van der Waals surface area contributed by atoms with Crippen LogP contribution in [0.3, 0.4) is 0 Å². The summed E-state index contributed by atoms with van der Waals surface area (Å²) in [7, 11) is 0. The topological polar surface area (TPSA) is 78.9 Å². The van der Waals surface area contributed by atoms with Crippen LogP contribution < -0.4 is 5.32 Å². The summed E-state index contributed by atoms with van der Waals surface area (Å²) in [5, 5.41) is 11.8. The Balaban J connectivity index is 2.52. The number of carboxylic acids is 1. The molecule has 1 fully saturated rings. The average Bonchev–Trinajstić information content (AvgIpc) is 2.35. The Hall–Kier alpha value is -1.30. The second kappa shape index (κ2) is 6.04. The van der Waals surface area contributed by atoms with Crippen LogP contribution in [0.25, 0.3) is 0 Å². The zero-order valence-corrected chi connectivity index (χ0v) is 11.2. The number of rotatable bonds is 4. The average molecular weight is 258 g/mol. The number of carboxylic acid groups (broad SMARTS) is 1. The molecule has 2 amide bonds. The van der Waals surface area contributed by atoms with E-state index < -0.39 is 11.4 Å². The van der Waals surface area contributed by atoms with Crippen LogP contribution >= 0.6 is 0 Å². The van der Waals surface area contributed by atoms with Crippen LogP contribution in [0, 0.1) is 5.41 Å². The number of hydrogen-bond acceptors (Lipinski definition) is 3. The van der Waals surface area contributed by atoms with Gasteiger partial charge in [-0.25, -0.2) is 4.79 Å². The third-order valence-electron chi connectivity index (χ3n) is 3.55. The molecule has 2 atom stereocenters. The van der Waals surface area contributed by atoms with Gasteiger partial charge in [0.2, 0.25) is 0 Å². The Morgan fingerprint density at radius 1 is 1.56 bits per heavy atom. The summed E-state index contributed by atoms with van der Waals surface area (Å²) in [6.45, 7) is 7.09. The lowest BCUT2D eigenvalue weighted by Gasteiger charge is -2.34. The van der Waals surface area contributed by atoms with Gasteiger partial charge in [0.25, 0.3) is 0 Å². The van der Waals surface area contributed by atoms with E-state index in [9.17, 15) is 9.59 Å². The minimum Gasteiger partial charge on any atom is -0.481 e. The number of nitrogens with one attached hydrogen (secondary N) is 1. The Bertz CT molecular complexity index is 321. The van der Waals surface area contributed by atoms with E-state index in [1.807, 2.05) is 6.92 Å². The number of hydrogen-bond donors (Lipinski definition) is 2. The number of morpholine rings is 1. The highest BCUT2D eigenvalue weighted by Gasteiger charge is 2.33. The van der Waals surface area contributed by atoms with Crippen LogP contribution in [0.5, 0.6) is 0 Å². The molecule has 0 spiro atoms. The lowest BCUT2D eigenvalue weighted by Crippen LogP contribution is -2.53. The first-order chi connectivity index (χ1) is 8.40. The standard InChI is InChI=1S/C12H22N2O4/c1-4-12(3,10(15)16)8-13-11(17)14-5-6-18-7-9(14)2/h9H,4-8H2,1-3H3,(H,13,17)(H,15,16). The van der Waals surface area contributed by atoms with Crippen molar-refractivity contribution in [3.63, 3.8) is 0 Å². The van der Waals surface area contributed by atoms with Gasteiger partial charge in [-0.15, -0.1) is 0 Å². The van der Waals surface area contributed by atoms with Gasteiger partial charge in [0.05, 0.1) is 24.7 Å². The van der Waals surface area contributed by atoms with Crippen molar-refractivity contribution in [2.75, 3.05) is 26.3 Å². The van der Waals surface area contributed by atoms with Crippen LogP contribution in [0.15, 0.2) is 0 Å². The summed E-state index contributed by atoms with van der Waals surface area (Å²) in [4.78, 5) is 24.8. The minimum atomic E-state index is -0.912. The Labute approximate surface area is 107 Å². The number of nitrogens with zero attached hydrogens (tertiary/aromatic N) is 1. The van der Waals surface area contributed by atoms with E-state index in [2.05, 4.69) is 5.32 Å². The van der Waals surface area contributed by atoms with Crippen molar-refractivity contribution in [3.8, 4) is 0 Å². The molecule has 104 valence electrons. The van der Waals surface area contributed by atoms with Crippen molar-refractivity contribution in [1.82, 2.24) is 10.2 Å². The smallest absolute Gasteiger partial charge is 0.317 e. The summed E-state index contributed by atoms with van der Waals surface area (Å²) < 4.78 is 5.25. The van der Waals surface area contributed by atoms with Gasteiger partial charge < -0.3 is 20.1 Å². The fourth-order valence-corrected chi connectivity index (χ4v) is 1.75. The van der Waals surface area contributed by atoms with Crippen molar-refractivity contribution in [1.29, 1.82) is 0 Å². The highest BCUT2D eigenvalue weighted by Crippen LogP contribution is 2.20. The first-order valence-electron chi connectivity index (χ1n) is 6.26. The zero-order valence-electron chi connectivity index (χ0n) is 11.2. The molecule has 1 aliphatic heterocycles. The minimum absolute atomic E-state index is 0.0245. The van der Waals surface area contributed by atoms with E-state index in [1.165, 1.54) is 0 Å². The van der Waals surface area contributed by atoms with E-state index in [1.54, 1.807) is 18.7 Å². The van der Waals surface area contributed by atoms with Crippen molar-refractivity contribution in [2.45, 2.75) is 33.2 Å². The fraction of sp³-hybridized carbons (Fsp3) is 0.833. The fourth-order valence-electron chi connectivity index (χ4n) is 1.75. The van der Waals surface area contributed by atoms with Crippen LogP contribution in [0.4, 0.5) is 4.79 Å². The number of carbonyl (C=O) groups excluding carboxylic acids is 1. The van der Waals surface area contributed by atoms with Gasteiger partial charge in [-0.3, -0.25) is 4.79 Å². The second-order valence-electron chi connectivity index (χ2n) is 5.00. The van der Waals surface area contributed by atoms with Crippen molar-refractivity contribution < 1.29 is 19.4 Å². The van der Waals surface area contributed by atoms with Crippen LogP contribution in [-0.4, -0.2) is 54.4 Å². The highest BCUT2D eigenvalue weighted by atomic mass is 16.5. The van der Waals surface area contributed by atoms with E-state index in [0.29, 0.717) is 26.2 Å². The quantitative estimate of drug-likeness (QED) is 0.786. The molecule has 0 aromatic heterocycles. The van der Waals surface area contributed by atoms with Gasteiger partial charge in [0, 0.05) is 13.1 Å². The molecule has 2 unspecified atom stereocenters. The van der Waals surface area contributed by atoms with Crippen molar-refractivity contribution in [2.24, 2.45) is 5.41 Å². The lowest BCUT2D eigenvalue weighted by atomic mass is 9.88. The molecule has 1 saturated heterocycles. The molecule has 18 heavy (non-hydrogen) atoms. The van der Waals surface area contributed by atoms with Crippen molar-refractivity contribution >= 4 is 12.0 Å². The monoisotopic (exact) mass is 258 g/mol. The third kappa shape index (κ3) is 3.35. The lowest BCUT2D eigenvalue weighted by molar-refractivity contribution is -0.147. The number of carbonyl (C=O) groups is 2. The first kappa shape index (κ1) is 14.8. The molecule has 1 aliphatic rings. The third-order valence-corrected chi connectivity index (χ3v) is 3.55.